The van der Waals surface area contributed by atoms with E-state index in [0.717, 1.165) is 0 Å². The summed E-state index contributed by atoms with van der Waals surface area (Å²) in [7, 11) is 0. The molecular formula is C10H9N3O2. The third-order valence-corrected chi connectivity index (χ3v) is 1.82. The molecular weight excluding hydrogens is 194 g/mol. The van der Waals surface area contributed by atoms with Crippen molar-refractivity contribution in [3.8, 4) is 0 Å². The number of amides is 1. The Bertz CT molecular complexity index is 408. The molecule has 0 unspecified atom stereocenters. The van der Waals surface area contributed by atoms with Gasteiger partial charge in [0.2, 0.25) is 5.91 Å². The van der Waals surface area contributed by atoms with Gasteiger partial charge in [-0.25, -0.2) is 0 Å². The topological polar surface area (TPSA) is 82.9 Å². The average Bonchev–Trinajstić information content (AvgIpc) is 2.27. The van der Waals surface area contributed by atoms with E-state index >= 15 is 0 Å². The number of azide groups is 1. The number of rotatable bonds is 4. The van der Waals surface area contributed by atoms with Crippen molar-refractivity contribution in [2.24, 2.45) is 5.11 Å². The number of carbonyl (C=O) groups is 2. The van der Waals surface area contributed by atoms with Crippen molar-refractivity contribution < 1.29 is 9.59 Å². The molecule has 0 radical (unpaired) electrons. The summed E-state index contributed by atoms with van der Waals surface area (Å²) in [6.07, 6.45) is 0.0274. The average molecular weight is 203 g/mol. The third kappa shape index (κ3) is 3.62. The van der Waals surface area contributed by atoms with Crippen molar-refractivity contribution in [1.29, 1.82) is 0 Å². The summed E-state index contributed by atoms with van der Waals surface area (Å²) in [6, 6.07) is 8.67. The second-order valence-corrected chi connectivity index (χ2v) is 2.87. The molecule has 15 heavy (non-hydrogen) atoms. The maximum Gasteiger partial charge on any atom is 0.219 e. The van der Waals surface area contributed by atoms with Gasteiger partial charge in [0.15, 0.2) is 5.78 Å². The van der Waals surface area contributed by atoms with Crippen molar-refractivity contribution in [1.82, 2.24) is 0 Å². The molecule has 1 rings (SSSR count). The number of Topliss-reactive ketones (excluding diaryl/α,β-unsaturated/α-hetero) is 1. The summed E-state index contributed by atoms with van der Waals surface area (Å²) < 4.78 is 0. The van der Waals surface area contributed by atoms with E-state index in [4.69, 9.17) is 5.53 Å². The van der Waals surface area contributed by atoms with E-state index in [1.165, 1.54) is 0 Å². The molecule has 0 aliphatic rings. The van der Waals surface area contributed by atoms with Crippen LogP contribution >= 0.6 is 0 Å². The number of benzene rings is 1. The maximum absolute atomic E-state index is 11.5. The first-order valence-corrected chi connectivity index (χ1v) is 4.40. The minimum atomic E-state index is -0.609. The molecule has 0 saturated heterocycles. The highest BCUT2D eigenvalue weighted by molar-refractivity contribution is 5.97. The van der Waals surface area contributed by atoms with Gasteiger partial charge in [0.05, 0.1) is 0 Å². The van der Waals surface area contributed by atoms with Crippen LogP contribution in [0.1, 0.15) is 23.2 Å². The Kier molecular flexibility index (Phi) is 4.06. The van der Waals surface area contributed by atoms with Gasteiger partial charge in [-0.15, -0.1) is 0 Å². The van der Waals surface area contributed by atoms with E-state index in [1.54, 1.807) is 24.3 Å². The van der Waals surface area contributed by atoms with E-state index in [-0.39, 0.29) is 18.6 Å². The fourth-order valence-corrected chi connectivity index (χ4v) is 1.09. The van der Waals surface area contributed by atoms with E-state index in [1.807, 2.05) is 6.07 Å². The monoisotopic (exact) mass is 203 g/mol. The Morgan fingerprint density at radius 1 is 1.20 bits per heavy atom. The second kappa shape index (κ2) is 5.57. The van der Waals surface area contributed by atoms with Crippen LogP contribution in [0.5, 0.6) is 0 Å². The molecule has 1 aromatic carbocycles. The summed E-state index contributed by atoms with van der Waals surface area (Å²) in [5.74, 6) is -0.737. The Balaban J connectivity index is 2.51. The molecule has 0 bridgehead atoms. The van der Waals surface area contributed by atoms with E-state index in [0.29, 0.717) is 5.56 Å². The molecule has 0 N–H and O–H groups in total. The van der Waals surface area contributed by atoms with Crippen molar-refractivity contribution >= 4 is 11.7 Å². The first kappa shape index (κ1) is 10.9. The molecule has 0 atom stereocenters. The van der Waals surface area contributed by atoms with Crippen LogP contribution in [0.3, 0.4) is 0 Å². The number of hydrogen-bond donors (Lipinski definition) is 0. The molecule has 0 fully saturated rings. The maximum atomic E-state index is 11.5. The molecule has 0 aliphatic carbocycles. The van der Waals surface area contributed by atoms with Crippen molar-refractivity contribution in [3.63, 3.8) is 0 Å². The molecule has 5 nitrogen and oxygen atoms in total. The number of hydrogen-bond acceptors (Lipinski definition) is 2. The van der Waals surface area contributed by atoms with Gasteiger partial charge in [-0.05, 0) is 10.6 Å². The summed E-state index contributed by atoms with van der Waals surface area (Å²) in [4.78, 5) is 24.6. The number of nitrogens with zero attached hydrogens (tertiary/aromatic N) is 3. The minimum Gasteiger partial charge on any atom is -0.294 e. The lowest BCUT2D eigenvalue weighted by Gasteiger charge is -1.97. The lowest BCUT2D eigenvalue weighted by molar-refractivity contribution is -0.117. The first-order valence-electron chi connectivity index (χ1n) is 4.40. The summed E-state index contributed by atoms with van der Waals surface area (Å²) in [6.45, 7) is 0. The molecule has 5 heteroatoms. The smallest absolute Gasteiger partial charge is 0.219 e. The summed E-state index contributed by atoms with van der Waals surface area (Å²) in [5, 5.41) is 2.88. The molecule has 1 aromatic rings. The molecule has 0 saturated carbocycles. The lowest BCUT2D eigenvalue weighted by atomic mass is 10.1. The SMILES string of the molecule is [N-]=[N+]=NC(=O)CCC(=O)c1ccccc1. The molecule has 76 valence electrons. The van der Waals surface area contributed by atoms with Gasteiger partial charge in [0.25, 0.3) is 0 Å². The predicted molar refractivity (Wildman–Crippen MR) is 54.2 cm³/mol. The van der Waals surface area contributed by atoms with Crippen LogP contribution in [0, 0.1) is 0 Å². The minimum absolute atomic E-state index is 0.0439. The zero-order valence-corrected chi connectivity index (χ0v) is 7.96. The zero-order chi connectivity index (χ0) is 11.1. The highest BCUT2D eigenvalue weighted by Gasteiger charge is 2.07. The van der Waals surface area contributed by atoms with E-state index < -0.39 is 5.91 Å². The van der Waals surface area contributed by atoms with Crippen LogP contribution in [0.25, 0.3) is 10.4 Å². The molecule has 0 heterocycles. The number of ketones is 1. The van der Waals surface area contributed by atoms with Crippen molar-refractivity contribution in [2.75, 3.05) is 0 Å². The van der Waals surface area contributed by atoms with Gasteiger partial charge in [-0.1, -0.05) is 30.3 Å². The van der Waals surface area contributed by atoms with Crippen LogP contribution in [0.2, 0.25) is 0 Å². The van der Waals surface area contributed by atoms with Gasteiger partial charge < -0.3 is 0 Å². The quantitative estimate of drug-likeness (QED) is 0.326. The Labute approximate surface area is 86.3 Å². The summed E-state index contributed by atoms with van der Waals surface area (Å²) in [5.41, 5.74) is 8.53. The molecule has 1 amide bonds. The van der Waals surface area contributed by atoms with Gasteiger partial charge in [-0.3, -0.25) is 9.59 Å². The van der Waals surface area contributed by atoms with Gasteiger partial charge >= 0.3 is 0 Å². The van der Waals surface area contributed by atoms with Gasteiger partial charge in [-0.2, -0.15) is 0 Å². The third-order valence-electron chi connectivity index (χ3n) is 1.82. The van der Waals surface area contributed by atoms with Crippen LogP contribution in [0.4, 0.5) is 0 Å². The zero-order valence-electron chi connectivity index (χ0n) is 7.96. The highest BCUT2D eigenvalue weighted by atomic mass is 16.2. The number of carbonyl (C=O) groups excluding carboxylic acids is 2. The van der Waals surface area contributed by atoms with Crippen molar-refractivity contribution in [2.45, 2.75) is 12.8 Å². The molecule has 0 aromatic heterocycles. The Morgan fingerprint density at radius 3 is 2.47 bits per heavy atom. The van der Waals surface area contributed by atoms with Crippen molar-refractivity contribution in [3.05, 3.63) is 46.3 Å². The molecule has 0 aliphatic heterocycles. The summed E-state index contributed by atoms with van der Waals surface area (Å²) >= 11 is 0. The van der Waals surface area contributed by atoms with Gasteiger partial charge in [0.1, 0.15) is 0 Å². The molecule has 0 spiro atoms. The van der Waals surface area contributed by atoms with Crippen LogP contribution < -0.4 is 0 Å². The first-order chi connectivity index (χ1) is 7.24. The van der Waals surface area contributed by atoms with E-state index in [9.17, 15) is 9.59 Å². The van der Waals surface area contributed by atoms with Crippen LogP contribution in [0.15, 0.2) is 35.4 Å². The lowest BCUT2D eigenvalue weighted by Crippen LogP contribution is -2.02. The second-order valence-electron chi connectivity index (χ2n) is 2.87. The Hall–Kier alpha value is -2.13. The fraction of sp³-hybridized carbons (Fsp3) is 0.200. The standard InChI is InChI=1S/C10H9N3O2/c11-13-12-10(15)7-6-9(14)8-4-2-1-3-5-8/h1-5H,6-7H2. The predicted octanol–water partition coefficient (Wildman–Crippen LogP) is 2.49. The van der Waals surface area contributed by atoms with Gasteiger partial charge in [0, 0.05) is 23.3 Å². The largest absolute Gasteiger partial charge is 0.294 e. The van der Waals surface area contributed by atoms with Crippen LogP contribution in [-0.2, 0) is 4.79 Å². The van der Waals surface area contributed by atoms with Crippen LogP contribution in [-0.4, -0.2) is 11.7 Å². The Morgan fingerprint density at radius 2 is 1.87 bits per heavy atom. The van der Waals surface area contributed by atoms with E-state index in [2.05, 4.69) is 10.0 Å². The highest BCUT2D eigenvalue weighted by Crippen LogP contribution is 2.05. The normalized spacial score (nSPS) is 9.07. The fourth-order valence-electron chi connectivity index (χ4n) is 1.09.